The van der Waals surface area contributed by atoms with Crippen molar-refractivity contribution in [1.29, 1.82) is 0 Å². The molecule has 1 aromatic carbocycles. The van der Waals surface area contributed by atoms with Gasteiger partial charge < -0.3 is 10.2 Å². The van der Waals surface area contributed by atoms with Crippen LogP contribution in [0.1, 0.15) is 12.0 Å². The molecular weight excluding hydrogens is 291 g/mol. The zero-order valence-corrected chi connectivity index (χ0v) is 11.4. The summed E-state index contributed by atoms with van der Waals surface area (Å²) in [7, 11) is 0. The van der Waals surface area contributed by atoms with E-state index in [1.807, 2.05) is 0 Å². The molecule has 2 rings (SSSR count). The molecule has 114 valence electrons. The molecule has 0 bridgehead atoms. The molecule has 2 aromatic rings. The standard InChI is InChI=1S/C15H13FN2O4/c16-12-4-1-10(2-5-12)15-11(3-6-13(19)20)9-18(17-15)8-7-14(21)22/h1-6,9H,7-8H2,(H,19,20)(H,21,22)/b6-3+. The molecule has 0 spiro atoms. The van der Waals surface area contributed by atoms with E-state index in [-0.39, 0.29) is 13.0 Å². The van der Waals surface area contributed by atoms with Crippen LogP contribution < -0.4 is 0 Å². The highest BCUT2D eigenvalue weighted by atomic mass is 19.1. The fraction of sp³-hybridized carbons (Fsp3) is 0.133. The maximum absolute atomic E-state index is 13.0. The Labute approximate surface area is 125 Å². The minimum Gasteiger partial charge on any atom is -0.481 e. The topological polar surface area (TPSA) is 92.4 Å². The number of aliphatic carboxylic acids is 2. The quantitative estimate of drug-likeness (QED) is 0.799. The number of carbonyl (C=O) groups is 2. The second-order valence-corrected chi connectivity index (χ2v) is 4.52. The molecule has 2 N–H and O–H groups in total. The van der Waals surface area contributed by atoms with Gasteiger partial charge in [-0.25, -0.2) is 9.18 Å². The lowest BCUT2D eigenvalue weighted by atomic mass is 10.1. The minimum atomic E-state index is -1.11. The molecule has 22 heavy (non-hydrogen) atoms. The Kier molecular flexibility index (Phi) is 4.67. The van der Waals surface area contributed by atoms with Crippen molar-refractivity contribution in [3.05, 3.63) is 47.9 Å². The monoisotopic (exact) mass is 304 g/mol. The summed E-state index contributed by atoms with van der Waals surface area (Å²) in [6.45, 7) is 0.157. The predicted molar refractivity (Wildman–Crippen MR) is 76.5 cm³/mol. The van der Waals surface area contributed by atoms with Crippen LogP contribution >= 0.6 is 0 Å². The van der Waals surface area contributed by atoms with Gasteiger partial charge in [-0.05, 0) is 30.3 Å². The van der Waals surface area contributed by atoms with Crippen LogP contribution in [0.25, 0.3) is 17.3 Å². The Hall–Kier alpha value is -2.96. The second kappa shape index (κ2) is 6.66. The summed E-state index contributed by atoms with van der Waals surface area (Å²) in [5.74, 6) is -2.46. The molecule has 1 heterocycles. The number of halogens is 1. The molecule has 0 aliphatic rings. The average molecular weight is 304 g/mol. The molecule has 0 saturated heterocycles. The molecule has 0 saturated carbocycles. The molecule has 0 fully saturated rings. The van der Waals surface area contributed by atoms with Gasteiger partial charge in [0.15, 0.2) is 0 Å². The van der Waals surface area contributed by atoms with Crippen molar-refractivity contribution in [2.24, 2.45) is 0 Å². The van der Waals surface area contributed by atoms with E-state index in [0.717, 1.165) is 6.08 Å². The molecule has 0 radical (unpaired) electrons. The Morgan fingerprint density at radius 2 is 1.91 bits per heavy atom. The molecule has 7 heteroatoms. The lowest BCUT2D eigenvalue weighted by molar-refractivity contribution is -0.137. The van der Waals surface area contributed by atoms with Crippen molar-refractivity contribution >= 4 is 18.0 Å². The maximum atomic E-state index is 13.0. The number of aryl methyl sites for hydroxylation is 1. The van der Waals surface area contributed by atoms with E-state index in [0.29, 0.717) is 16.8 Å². The number of benzene rings is 1. The Morgan fingerprint density at radius 3 is 2.50 bits per heavy atom. The van der Waals surface area contributed by atoms with Crippen LogP contribution in [0, 0.1) is 5.82 Å². The lowest BCUT2D eigenvalue weighted by Gasteiger charge is -1.99. The third-order valence-corrected chi connectivity index (χ3v) is 2.87. The van der Waals surface area contributed by atoms with Crippen molar-refractivity contribution in [3.63, 3.8) is 0 Å². The maximum Gasteiger partial charge on any atom is 0.328 e. The van der Waals surface area contributed by atoms with Crippen LogP contribution in [0.2, 0.25) is 0 Å². The lowest BCUT2D eigenvalue weighted by Crippen LogP contribution is -2.04. The van der Waals surface area contributed by atoms with E-state index < -0.39 is 17.8 Å². The van der Waals surface area contributed by atoms with E-state index in [1.54, 1.807) is 6.20 Å². The Bertz CT molecular complexity index is 720. The number of carboxylic acids is 2. The van der Waals surface area contributed by atoms with Crippen molar-refractivity contribution < 1.29 is 24.2 Å². The summed E-state index contributed by atoms with van der Waals surface area (Å²) >= 11 is 0. The summed E-state index contributed by atoms with van der Waals surface area (Å²) in [5.41, 5.74) is 1.59. The van der Waals surface area contributed by atoms with Crippen molar-refractivity contribution in [3.8, 4) is 11.3 Å². The van der Waals surface area contributed by atoms with Gasteiger partial charge in [0, 0.05) is 23.4 Å². The predicted octanol–water partition coefficient (Wildman–Crippen LogP) is 2.26. The van der Waals surface area contributed by atoms with E-state index in [4.69, 9.17) is 10.2 Å². The number of aromatic nitrogens is 2. The van der Waals surface area contributed by atoms with Gasteiger partial charge in [-0.15, -0.1) is 0 Å². The van der Waals surface area contributed by atoms with Gasteiger partial charge in [-0.2, -0.15) is 5.10 Å². The second-order valence-electron chi connectivity index (χ2n) is 4.52. The van der Waals surface area contributed by atoms with Gasteiger partial charge in [-0.3, -0.25) is 9.48 Å². The van der Waals surface area contributed by atoms with Gasteiger partial charge in [0.05, 0.1) is 18.7 Å². The van der Waals surface area contributed by atoms with E-state index in [2.05, 4.69) is 5.10 Å². The van der Waals surface area contributed by atoms with E-state index >= 15 is 0 Å². The highest BCUT2D eigenvalue weighted by Crippen LogP contribution is 2.23. The first-order valence-electron chi connectivity index (χ1n) is 6.42. The number of hydrogen-bond acceptors (Lipinski definition) is 3. The summed E-state index contributed by atoms with van der Waals surface area (Å²) in [6, 6.07) is 5.60. The number of nitrogens with zero attached hydrogens (tertiary/aromatic N) is 2. The van der Waals surface area contributed by atoms with Gasteiger partial charge in [0.25, 0.3) is 0 Å². The average Bonchev–Trinajstić information content (AvgIpc) is 2.87. The molecule has 0 atom stereocenters. The highest BCUT2D eigenvalue weighted by molar-refractivity contribution is 5.87. The molecule has 6 nitrogen and oxygen atoms in total. The molecular formula is C15H13FN2O4. The molecule has 0 aliphatic carbocycles. The summed E-state index contributed by atoms with van der Waals surface area (Å²) < 4.78 is 14.4. The number of hydrogen-bond donors (Lipinski definition) is 2. The first kappa shape index (κ1) is 15.4. The minimum absolute atomic E-state index is 0.105. The SMILES string of the molecule is O=C(O)/C=C/c1cn(CCC(=O)O)nc1-c1ccc(F)cc1. The number of rotatable bonds is 6. The van der Waals surface area contributed by atoms with Gasteiger partial charge in [-0.1, -0.05) is 0 Å². The Balaban J connectivity index is 2.38. The van der Waals surface area contributed by atoms with Crippen LogP contribution in [-0.4, -0.2) is 31.9 Å². The molecule has 1 aromatic heterocycles. The van der Waals surface area contributed by atoms with Gasteiger partial charge in [0.1, 0.15) is 5.82 Å². The van der Waals surface area contributed by atoms with Crippen LogP contribution in [0.15, 0.2) is 36.5 Å². The zero-order chi connectivity index (χ0) is 16.1. The summed E-state index contributed by atoms with van der Waals surface area (Å²) in [6.07, 6.45) is 3.78. The first-order chi connectivity index (χ1) is 10.5. The first-order valence-corrected chi connectivity index (χ1v) is 6.42. The summed E-state index contributed by atoms with van der Waals surface area (Å²) in [4.78, 5) is 21.3. The molecule has 0 amide bonds. The molecule has 0 unspecified atom stereocenters. The zero-order valence-electron chi connectivity index (χ0n) is 11.4. The third-order valence-electron chi connectivity index (χ3n) is 2.87. The highest BCUT2D eigenvalue weighted by Gasteiger charge is 2.10. The van der Waals surface area contributed by atoms with E-state index in [1.165, 1.54) is 35.0 Å². The van der Waals surface area contributed by atoms with Crippen LogP contribution in [-0.2, 0) is 16.1 Å². The fourth-order valence-corrected chi connectivity index (χ4v) is 1.88. The van der Waals surface area contributed by atoms with Gasteiger partial charge >= 0.3 is 11.9 Å². The summed E-state index contributed by atoms with van der Waals surface area (Å²) in [5, 5.41) is 21.7. The van der Waals surface area contributed by atoms with Crippen molar-refractivity contribution in [2.45, 2.75) is 13.0 Å². The van der Waals surface area contributed by atoms with Crippen LogP contribution in [0.4, 0.5) is 4.39 Å². The number of carboxylic acid groups (broad SMARTS) is 2. The van der Waals surface area contributed by atoms with Crippen molar-refractivity contribution in [2.75, 3.05) is 0 Å². The Morgan fingerprint density at radius 1 is 1.23 bits per heavy atom. The molecule has 0 aliphatic heterocycles. The fourth-order valence-electron chi connectivity index (χ4n) is 1.88. The largest absolute Gasteiger partial charge is 0.481 e. The normalized spacial score (nSPS) is 11.0. The third kappa shape index (κ3) is 4.02. The van der Waals surface area contributed by atoms with E-state index in [9.17, 15) is 14.0 Å². The van der Waals surface area contributed by atoms with Gasteiger partial charge in [0.2, 0.25) is 0 Å². The smallest absolute Gasteiger partial charge is 0.328 e. The van der Waals surface area contributed by atoms with Crippen molar-refractivity contribution in [1.82, 2.24) is 9.78 Å². The van der Waals surface area contributed by atoms with Crippen LogP contribution in [0.5, 0.6) is 0 Å². The van der Waals surface area contributed by atoms with Crippen LogP contribution in [0.3, 0.4) is 0 Å².